The Morgan fingerprint density at radius 2 is 1.80 bits per heavy atom. The maximum Gasteiger partial charge on any atom is 0.143 e. The summed E-state index contributed by atoms with van der Waals surface area (Å²) in [6.45, 7) is 0. The van der Waals surface area contributed by atoms with Crippen LogP contribution in [0.4, 0.5) is 11.5 Å². The molecule has 3 nitrogen and oxygen atoms in total. The first-order chi connectivity index (χ1) is 12.1. The van der Waals surface area contributed by atoms with Crippen molar-refractivity contribution in [2.45, 2.75) is 0 Å². The molecule has 0 aliphatic heterocycles. The normalized spacial score (nSPS) is 11.0. The summed E-state index contributed by atoms with van der Waals surface area (Å²) in [6, 6.07) is 13.5. The molecule has 124 valence electrons. The van der Waals surface area contributed by atoms with Crippen LogP contribution in [0.5, 0.6) is 0 Å². The van der Waals surface area contributed by atoms with Crippen molar-refractivity contribution >= 4 is 72.2 Å². The van der Waals surface area contributed by atoms with E-state index < -0.39 is 0 Å². The molecule has 0 saturated heterocycles. The quantitative estimate of drug-likeness (QED) is 0.359. The average molecular weight is 451 g/mol. The van der Waals surface area contributed by atoms with Gasteiger partial charge in [0.05, 0.1) is 16.1 Å². The number of hydrogen-bond donors (Lipinski definition) is 1. The fraction of sp³-hybridized carbons (Fsp3) is 0. The molecule has 0 fully saturated rings. The third-order valence-corrected chi connectivity index (χ3v) is 5.67. The molecule has 2 aromatic carbocycles. The minimum atomic E-state index is 0.541. The second-order valence-electron chi connectivity index (χ2n) is 5.31. The summed E-state index contributed by atoms with van der Waals surface area (Å²) < 4.78 is 1.04. The fourth-order valence-electron chi connectivity index (χ4n) is 2.53. The van der Waals surface area contributed by atoms with Crippen molar-refractivity contribution in [1.82, 2.24) is 9.97 Å². The van der Waals surface area contributed by atoms with Gasteiger partial charge in [-0.25, -0.2) is 9.97 Å². The molecule has 0 radical (unpaired) electrons. The molecule has 2 heterocycles. The number of nitrogens with one attached hydrogen (secondary N) is 1. The van der Waals surface area contributed by atoms with Crippen molar-refractivity contribution in [1.29, 1.82) is 0 Å². The first-order valence-electron chi connectivity index (χ1n) is 7.32. The summed E-state index contributed by atoms with van der Waals surface area (Å²) in [5.41, 5.74) is 2.94. The lowest BCUT2D eigenvalue weighted by Crippen LogP contribution is -1.96. The highest BCUT2D eigenvalue weighted by atomic mass is 79.9. The highest BCUT2D eigenvalue weighted by Gasteiger charge is 2.14. The number of aromatic nitrogens is 2. The molecule has 0 aliphatic carbocycles. The average Bonchev–Trinajstić information content (AvgIpc) is 3.03. The number of fused-ring (bicyclic) bond motifs is 1. The minimum Gasteiger partial charge on any atom is -0.338 e. The van der Waals surface area contributed by atoms with Crippen LogP contribution in [0.3, 0.4) is 0 Å². The van der Waals surface area contributed by atoms with Crippen molar-refractivity contribution in [3.8, 4) is 11.1 Å². The lowest BCUT2D eigenvalue weighted by atomic mass is 10.1. The third kappa shape index (κ3) is 3.37. The predicted octanol–water partition coefficient (Wildman–Crippen LogP) is 7.17. The molecular weight excluding hydrogens is 441 g/mol. The summed E-state index contributed by atoms with van der Waals surface area (Å²) in [5, 5.41) is 7.51. The van der Waals surface area contributed by atoms with E-state index in [9.17, 15) is 0 Å². The maximum absolute atomic E-state index is 6.29. The molecule has 0 saturated carbocycles. The minimum absolute atomic E-state index is 0.541. The predicted molar refractivity (Wildman–Crippen MR) is 110 cm³/mol. The molecule has 0 unspecified atom stereocenters. The molecule has 2 aromatic heterocycles. The van der Waals surface area contributed by atoms with Crippen LogP contribution in [0.15, 0.2) is 58.6 Å². The summed E-state index contributed by atoms with van der Waals surface area (Å²) in [6.07, 6.45) is 1.55. The summed E-state index contributed by atoms with van der Waals surface area (Å²) in [5.74, 6) is 0.716. The maximum atomic E-state index is 6.29. The van der Waals surface area contributed by atoms with Gasteiger partial charge in [0.1, 0.15) is 17.0 Å². The number of thiophene rings is 1. The largest absolute Gasteiger partial charge is 0.338 e. The van der Waals surface area contributed by atoms with Crippen LogP contribution >= 0.6 is 50.5 Å². The number of halogens is 3. The molecule has 0 amide bonds. The monoisotopic (exact) mass is 449 g/mol. The van der Waals surface area contributed by atoms with Crippen LogP contribution in [0.1, 0.15) is 0 Å². The van der Waals surface area contributed by atoms with Crippen LogP contribution in [-0.4, -0.2) is 9.97 Å². The lowest BCUT2D eigenvalue weighted by molar-refractivity contribution is 1.23. The Kier molecular flexibility index (Phi) is 4.65. The zero-order chi connectivity index (χ0) is 17.4. The number of hydrogen-bond acceptors (Lipinski definition) is 4. The molecule has 0 atom stereocenters. The molecule has 25 heavy (non-hydrogen) atoms. The fourth-order valence-corrected chi connectivity index (χ4v) is 4.17. The van der Waals surface area contributed by atoms with E-state index in [1.807, 2.05) is 18.2 Å². The van der Waals surface area contributed by atoms with Gasteiger partial charge in [0.25, 0.3) is 0 Å². The van der Waals surface area contributed by atoms with Crippen molar-refractivity contribution in [2.75, 3.05) is 5.32 Å². The van der Waals surface area contributed by atoms with Gasteiger partial charge < -0.3 is 5.32 Å². The van der Waals surface area contributed by atoms with E-state index in [2.05, 4.69) is 48.7 Å². The van der Waals surface area contributed by atoms with E-state index >= 15 is 0 Å². The molecule has 1 N–H and O–H groups in total. The van der Waals surface area contributed by atoms with Crippen LogP contribution < -0.4 is 5.32 Å². The summed E-state index contributed by atoms with van der Waals surface area (Å²) >= 11 is 17.3. The van der Waals surface area contributed by atoms with E-state index in [1.54, 1.807) is 29.8 Å². The van der Waals surface area contributed by atoms with Gasteiger partial charge in [0.2, 0.25) is 0 Å². The Morgan fingerprint density at radius 1 is 1.00 bits per heavy atom. The van der Waals surface area contributed by atoms with Crippen molar-refractivity contribution in [3.05, 3.63) is 68.7 Å². The van der Waals surface area contributed by atoms with Crippen LogP contribution in [0.25, 0.3) is 21.3 Å². The Balaban J connectivity index is 1.84. The van der Waals surface area contributed by atoms with Gasteiger partial charge in [-0.1, -0.05) is 51.3 Å². The van der Waals surface area contributed by atoms with Gasteiger partial charge in [-0.05, 0) is 35.9 Å². The first-order valence-corrected chi connectivity index (χ1v) is 9.75. The second-order valence-corrected chi connectivity index (χ2v) is 7.93. The Labute approximate surface area is 166 Å². The lowest BCUT2D eigenvalue weighted by Gasteiger charge is -2.10. The van der Waals surface area contributed by atoms with Crippen LogP contribution in [0.2, 0.25) is 10.0 Å². The second kappa shape index (κ2) is 6.92. The van der Waals surface area contributed by atoms with Gasteiger partial charge >= 0.3 is 0 Å². The number of anilines is 2. The van der Waals surface area contributed by atoms with Crippen molar-refractivity contribution < 1.29 is 0 Å². The number of nitrogens with zero attached hydrogens (tertiary/aromatic N) is 2. The molecule has 0 spiro atoms. The SMILES string of the molecule is Clc1ccc(Nc2ncnc3scc(-c4ccc(Br)cc4)c23)c(Cl)c1. The van der Waals surface area contributed by atoms with E-state index in [0.29, 0.717) is 15.9 Å². The van der Waals surface area contributed by atoms with E-state index in [1.165, 1.54) is 0 Å². The number of rotatable bonds is 3. The van der Waals surface area contributed by atoms with Gasteiger partial charge in [-0.2, -0.15) is 0 Å². The zero-order valence-corrected chi connectivity index (χ0v) is 16.5. The molecule has 7 heteroatoms. The Morgan fingerprint density at radius 3 is 2.56 bits per heavy atom. The highest BCUT2D eigenvalue weighted by Crippen LogP contribution is 2.38. The van der Waals surface area contributed by atoms with Gasteiger partial charge in [0, 0.05) is 20.4 Å². The van der Waals surface area contributed by atoms with Crippen LogP contribution in [-0.2, 0) is 0 Å². The zero-order valence-electron chi connectivity index (χ0n) is 12.6. The first kappa shape index (κ1) is 16.8. The topological polar surface area (TPSA) is 37.8 Å². The summed E-state index contributed by atoms with van der Waals surface area (Å²) in [7, 11) is 0. The Hall–Kier alpha value is -1.66. The molecule has 0 bridgehead atoms. The van der Waals surface area contributed by atoms with E-state index in [0.717, 1.165) is 31.5 Å². The standard InChI is InChI=1S/C18H10BrCl2N3S/c19-11-3-1-10(2-4-11)13-8-25-18-16(13)17(22-9-23-18)24-15-6-5-12(20)7-14(15)21/h1-9H,(H,22,23,24). The number of benzene rings is 2. The third-order valence-electron chi connectivity index (χ3n) is 3.71. The molecule has 4 aromatic rings. The van der Waals surface area contributed by atoms with E-state index in [-0.39, 0.29) is 0 Å². The van der Waals surface area contributed by atoms with Crippen molar-refractivity contribution in [2.24, 2.45) is 0 Å². The Bertz CT molecular complexity index is 1060. The highest BCUT2D eigenvalue weighted by molar-refractivity contribution is 9.10. The van der Waals surface area contributed by atoms with Crippen molar-refractivity contribution in [3.63, 3.8) is 0 Å². The van der Waals surface area contributed by atoms with Crippen LogP contribution in [0, 0.1) is 0 Å². The molecular formula is C18H10BrCl2N3S. The smallest absolute Gasteiger partial charge is 0.143 e. The summed E-state index contributed by atoms with van der Waals surface area (Å²) in [4.78, 5) is 9.73. The van der Waals surface area contributed by atoms with Gasteiger partial charge in [-0.15, -0.1) is 11.3 Å². The van der Waals surface area contributed by atoms with Gasteiger partial charge in [0.15, 0.2) is 0 Å². The molecule has 4 rings (SSSR count). The van der Waals surface area contributed by atoms with E-state index in [4.69, 9.17) is 23.2 Å². The van der Waals surface area contributed by atoms with Gasteiger partial charge in [-0.3, -0.25) is 0 Å². The molecule has 0 aliphatic rings.